The van der Waals surface area contributed by atoms with Gasteiger partial charge in [-0.15, -0.1) is 0 Å². The minimum absolute atomic E-state index is 1.05. The van der Waals surface area contributed by atoms with Crippen LogP contribution >= 0.6 is 0 Å². The van der Waals surface area contributed by atoms with Crippen LogP contribution in [0.1, 0.15) is 22.8 Å². The summed E-state index contributed by atoms with van der Waals surface area (Å²) >= 11 is 0. The van der Waals surface area contributed by atoms with Gasteiger partial charge >= 0.3 is 0 Å². The first-order valence-corrected chi connectivity index (χ1v) is 11.1. The second-order valence-corrected chi connectivity index (χ2v) is 8.62. The van der Waals surface area contributed by atoms with Gasteiger partial charge in [-0.1, -0.05) is 30.3 Å². The summed E-state index contributed by atoms with van der Waals surface area (Å²) in [6.45, 7) is 0. The second kappa shape index (κ2) is 7.64. The number of hydrogen-bond donors (Lipinski definition) is 4. The fraction of sp³-hybridized carbons (Fsp3) is 0.0714. The number of nitrogens with one attached hydrogen (secondary N) is 4. The molecule has 0 saturated carbocycles. The van der Waals surface area contributed by atoms with Crippen LogP contribution in [0.4, 0.5) is 5.69 Å². The molecule has 4 aromatic heterocycles. The number of rotatable bonds is 2. The van der Waals surface area contributed by atoms with Gasteiger partial charge in [0.15, 0.2) is 0 Å². The molecular formula is C28H25N5. The Bertz CT molecular complexity index is 1690. The number of anilines is 1. The lowest BCUT2D eigenvalue weighted by Crippen LogP contribution is -2.18. The second-order valence-electron chi connectivity index (χ2n) is 8.62. The number of aromatic amines is 4. The molecule has 5 heterocycles. The molecule has 0 atom stereocenters. The summed E-state index contributed by atoms with van der Waals surface area (Å²) in [6.07, 6.45) is 8.61. The van der Waals surface area contributed by atoms with Gasteiger partial charge in [-0.3, -0.25) is 0 Å². The zero-order valence-corrected chi connectivity index (χ0v) is 18.6. The highest BCUT2D eigenvalue weighted by Gasteiger charge is 2.14. The van der Waals surface area contributed by atoms with Crippen molar-refractivity contribution in [3.8, 4) is 11.1 Å². The monoisotopic (exact) mass is 431 g/mol. The van der Waals surface area contributed by atoms with Crippen molar-refractivity contribution in [2.75, 3.05) is 19.0 Å². The minimum atomic E-state index is 1.05. The summed E-state index contributed by atoms with van der Waals surface area (Å²) in [5.41, 5.74) is 7.72. The predicted octanol–water partition coefficient (Wildman–Crippen LogP) is 2.36. The van der Waals surface area contributed by atoms with Gasteiger partial charge in [0.1, 0.15) is 0 Å². The van der Waals surface area contributed by atoms with Crippen LogP contribution in [0.25, 0.3) is 35.4 Å². The third-order valence-corrected chi connectivity index (χ3v) is 5.96. The summed E-state index contributed by atoms with van der Waals surface area (Å²) in [4.78, 5) is 16.4. The van der Waals surface area contributed by atoms with Gasteiger partial charge in [-0.2, -0.15) is 0 Å². The Morgan fingerprint density at radius 2 is 1.06 bits per heavy atom. The van der Waals surface area contributed by atoms with Crippen LogP contribution in [0.3, 0.4) is 0 Å². The van der Waals surface area contributed by atoms with E-state index in [0.717, 1.165) is 49.9 Å². The van der Waals surface area contributed by atoms with Crippen molar-refractivity contribution in [1.29, 1.82) is 0 Å². The molecule has 0 spiro atoms. The number of H-pyrrole nitrogens is 4. The standard InChI is InChI=1S/C28H25N5/c1-33(2)28-26-17-24-13-11-22(31-24)15-20-9-8-19(29-20)14-21-10-12-23(30-21)16-25(32-26)27(28)18-6-4-3-5-7-18/h3-17,29-32H,1-2H3. The number of benzene rings is 1. The largest absolute Gasteiger partial charge is 0.375 e. The first-order chi connectivity index (χ1) is 16.1. The number of hydrogen-bond acceptors (Lipinski definition) is 1. The van der Waals surface area contributed by atoms with E-state index >= 15 is 0 Å². The molecule has 0 radical (unpaired) electrons. The summed E-state index contributed by atoms with van der Waals surface area (Å²) < 4.78 is 0. The lowest BCUT2D eigenvalue weighted by atomic mass is 10.1. The van der Waals surface area contributed by atoms with E-state index in [9.17, 15) is 0 Å². The van der Waals surface area contributed by atoms with Gasteiger partial charge < -0.3 is 24.8 Å². The molecule has 5 heteroatoms. The SMILES string of the molecule is CN(C)c1c(-c2ccccc2)c2[nH]c1=Cc1ccc([nH]1)C=c1ccc([nH]1)=Cc1ccc([nH]1)C=2. The molecule has 1 aliphatic rings. The van der Waals surface area contributed by atoms with Crippen molar-refractivity contribution in [2.45, 2.75) is 0 Å². The van der Waals surface area contributed by atoms with Crippen molar-refractivity contribution in [1.82, 2.24) is 19.9 Å². The van der Waals surface area contributed by atoms with Crippen LogP contribution in [0.5, 0.6) is 0 Å². The van der Waals surface area contributed by atoms with E-state index in [2.05, 4.69) is 130 Å². The van der Waals surface area contributed by atoms with E-state index in [4.69, 9.17) is 0 Å². The van der Waals surface area contributed by atoms with Crippen LogP contribution in [0, 0.1) is 0 Å². The summed E-state index contributed by atoms with van der Waals surface area (Å²) in [5.74, 6) is 0. The molecule has 162 valence electrons. The van der Waals surface area contributed by atoms with Gasteiger partial charge in [0.2, 0.25) is 0 Å². The molecule has 0 aliphatic carbocycles. The average Bonchev–Trinajstić information content (AvgIpc) is 3.58. The number of fused-ring (bicyclic) bond motifs is 8. The highest BCUT2D eigenvalue weighted by molar-refractivity contribution is 5.81. The topological polar surface area (TPSA) is 66.4 Å². The molecule has 1 aliphatic heterocycles. The van der Waals surface area contributed by atoms with E-state index in [1.807, 2.05) is 0 Å². The summed E-state index contributed by atoms with van der Waals surface area (Å²) in [5, 5.41) is 4.24. The van der Waals surface area contributed by atoms with Crippen LogP contribution < -0.4 is 26.3 Å². The van der Waals surface area contributed by atoms with E-state index in [1.165, 1.54) is 11.1 Å². The molecule has 0 fully saturated rings. The Hall–Kier alpha value is -4.38. The maximum absolute atomic E-state index is 3.69. The zero-order valence-electron chi connectivity index (χ0n) is 18.6. The molecule has 8 bridgehead atoms. The maximum atomic E-state index is 3.69. The number of aromatic nitrogens is 4. The highest BCUT2D eigenvalue weighted by atomic mass is 15.1. The van der Waals surface area contributed by atoms with Crippen molar-refractivity contribution in [3.05, 3.63) is 111 Å². The summed E-state index contributed by atoms with van der Waals surface area (Å²) in [6, 6.07) is 23.2. The van der Waals surface area contributed by atoms with Crippen LogP contribution in [-0.2, 0) is 0 Å². The van der Waals surface area contributed by atoms with Crippen molar-refractivity contribution < 1.29 is 0 Å². The predicted molar refractivity (Wildman–Crippen MR) is 136 cm³/mol. The van der Waals surface area contributed by atoms with Crippen LogP contribution in [0.15, 0.2) is 66.7 Å². The molecular weight excluding hydrogens is 406 g/mol. The Morgan fingerprint density at radius 1 is 0.515 bits per heavy atom. The summed E-state index contributed by atoms with van der Waals surface area (Å²) in [7, 11) is 4.19. The van der Waals surface area contributed by atoms with Crippen molar-refractivity contribution in [3.63, 3.8) is 0 Å². The average molecular weight is 432 g/mol. The fourth-order valence-corrected chi connectivity index (χ4v) is 4.54. The minimum Gasteiger partial charge on any atom is -0.375 e. The molecule has 0 amide bonds. The zero-order chi connectivity index (χ0) is 22.4. The normalized spacial score (nSPS) is 12.3. The van der Waals surface area contributed by atoms with Crippen LogP contribution in [0.2, 0.25) is 0 Å². The van der Waals surface area contributed by atoms with Gasteiger partial charge in [0, 0.05) is 53.1 Å². The molecule has 4 N–H and O–H groups in total. The number of nitrogens with zero attached hydrogens (tertiary/aromatic N) is 1. The van der Waals surface area contributed by atoms with E-state index in [1.54, 1.807) is 0 Å². The Morgan fingerprint density at radius 3 is 1.64 bits per heavy atom. The molecule has 0 saturated heterocycles. The van der Waals surface area contributed by atoms with Crippen molar-refractivity contribution in [2.24, 2.45) is 0 Å². The lowest BCUT2D eigenvalue weighted by Gasteiger charge is -2.14. The quantitative estimate of drug-likeness (QED) is 0.334. The Labute approximate surface area is 191 Å². The fourth-order valence-electron chi connectivity index (χ4n) is 4.54. The Kier molecular flexibility index (Phi) is 4.47. The van der Waals surface area contributed by atoms with Crippen LogP contribution in [-0.4, -0.2) is 34.0 Å². The van der Waals surface area contributed by atoms with Gasteiger partial charge in [0.05, 0.1) is 16.4 Å². The van der Waals surface area contributed by atoms with E-state index in [-0.39, 0.29) is 0 Å². The maximum Gasteiger partial charge on any atom is 0.0701 e. The first kappa shape index (κ1) is 19.3. The van der Waals surface area contributed by atoms with Gasteiger partial charge in [-0.05, 0) is 66.3 Å². The first-order valence-electron chi connectivity index (χ1n) is 11.1. The molecule has 5 aromatic rings. The van der Waals surface area contributed by atoms with E-state index < -0.39 is 0 Å². The molecule has 33 heavy (non-hydrogen) atoms. The molecule has 1 aromatic carbocycles. The van der Waals surface area contributed by atoms with Gasteiger partial charge in [0.25, 0.3) is 0 Å². The highest BCUT2D eigenvalue weighted by Crippen LogP contribution is 2.24. The van der Waals surface area contributed by atoms with Gasteiger partial charge in [-0.25, -0.2) is 0 Å². The lowest BCUT2D eigenvalue weighted by molar-refractivity contribution is 1.12. The molecule has 5 nitrogen and oxygen atoms in total. The third-order valence-electron chi connectivity index (χ3n) is 5.96. The molecule has 6 rings (SSSR count). The molecule has 0 unspecified atom stereocenters. The van der Waals surface area contributed by atoms with E-state index in [0.29, 0.717) is 0 Å². The third kappa shape index (κ3) is 3.64. The Balaban J connectivity index is 1.70. The smallest absolute Gasteiger partial charge is 0.0701 e. The van der Waals surface area contributed by atoms with Crippen molar-refractivity contribution >= 4 is 30.0 Å².